The Balaban J connectivity index is 1.31. The summed E-state index contributed by atoms with van der Waals surface area (Å²) in [5.41, 5.74) is 2.47. The number of hydrogen-bond acceptors (Lipinski definition) is 12. The highest BCUT2D eigenvalue weighted by Gasteiger charge is 2.42. The lowest BCUT2D eigenvalue weighted by Crippen LogP contribution is -2.62. The average Bonchev–Trinajstić information content (AvgIpc) is 0.768. The van der Waals surface area contributed by atoms with Crippen LogP contribution in [0, 0.1) is 11.8 Å². The van der Waals surface area contributed by atoms with Gasteiger partial charge in [0.2, 0.25) is 47.3 Å². The molecule has 21 heteroatoms. The number of rotatable bonds is 33. The third-order valence-electron chi connectivity index (χ3n) is 15.8. The molecular formula is C73H91N9O11S. The number of carbonyl (C=O) groups is 9. The van der Waals surface area contributed by atoms with Gasteiger partial charge in [0.25, 0.3) is 0 Å². The van der Waals surface area contributed by atoms with Crippen molar-refractivity contribution in [2.24, 2.45) is 11.8 Å². The molecule has 10 N–H and O–H groups in total. The number of ether oxygens (including phenoxy) is 1. The van der Waals surface area contributed by atoms with Gasteiger partial charge in [0.05, 0.1) is 29.4 Å². The Hall–Kier alpha value is -9.18. The molecule has 500 valence electrons. The zero-order chi connectivity index (χ0) is 68.8. The van der Waals surface area contributed by atoms with Gasteiger partial charge in [0.15, 0.2) is 0 Å². The van der Waals surface area contributed by atoms with Crippen LogP contribution in [-0.4, -0.2) is 132 Å². The molecule has 8 atom stereocenters. The molecule has 0 saturated carbocycles. The first-order valence-electron chi connectivity index (χ1n) is 31.6. The maximum absolute atomic E-state index is 15.0. The molecule has 0 radical (unpaired) electrons. The first kappa shape index (κ1) is 73.9. The fourth-order valence-electron chi connectivity index (χ4n) is 10.6. The van der Waals surface area contributed by atoms with Crippen molar-refractivity contribution in [1.29, 1.82) is 0 Å². The molecule has 0 unspecified atom stereocenters. The van der Waals surface area contributed by atoms with Crippen LogP contribution >= 0.6 is 11.8 Å². The minimum absolute atomic E-state index is 0.0108. The summed E-state index contributed by atoms with van der Waals surface area (Å²) < 4.78 is 5.16. The molecule has 94 heavy (non-hydrogen) atoms. The second-order valence-corrected chi connectivity index (χ2v) is 26.3. The topological polar surface area (TPSA) is 291 Å². The van der Waals surface area contributed by atoms with Gasteiger partial charge < -0.3 is 57.7 Å². The number of thioether (sulfide) groups is 1. The number of carboxylic acids is 1. The molecule has 0 heterocycles. The fraction of sp³-hybridized carbons (Fsp3) is 0.384. The molecule has 0 fully saturated rings. The van der Waals surface area contributed by atoms with Crippen LogP contribution in [0.2, 0.25) is 0 Å². The number of amides is 8. The maximum atomic E-state index is 15.0. The lowest BCUT2D eigenvalue weighted by molar-refractivity contribution is -0.141. The Morgan fingerprint density at radius 2 is 0.787 bits per heavy atom. The van der Waals surface area contributed by atoms with Crippen LogP contribution in [0.3, 0.4) is 0 Å². The fourth-order valence-corrected chi connectivity index (χ4v) is 12.2. The summed E-state index contributed by atoms with van der Waals surface area (Å²) in [5.74, 6) is -8.56. The zero-order valence-electron chi connectivity index (χ0n) is 55.4. The Kier molecular flexibility index (Phi) is 27.2. The van der Waals surface area contributed by atoms with Crippen LogP contribution in [0.25, 0.3) is 0 Å². The third-order valence-corrected chi connectivity index (χ3v) is 17.5. The van der Waals surface area contributed by atoms with Gasteiger partial charge in [-0.1, -0.05) is 210 Å². The number of carbonyl (C=O) groups excluding carboxylic acids is 8. The maximum Gasteiger partial charge on any atom is 0.325 e. The first-order chi connectivity index (χ1) is 44.7. The van der Waals surface area contributed by atoms with Gasteiger partial charge in [0.1, 0.15) is 47.8 Å². The molecule has 0 aliphatic rings. The largest absolute Gasteiger partial charge is 0.480 e. The van der Waals surface area contributed by atoms with Crippen LogP contribution in [0.5, 0.6) is 0 Å². The van der Waals surface area contributed by atoms with E-state index in [4.69, 9.17) is 4.74 Å². The van der Waals surface area contributed by atoms with Crippen molar-refractivity contribution in [2.45, 2.75) is 146 Å². The van der Waals surface area contributed by atoms with E-state index in [1.807, 2.05) is 196 Å². The van der Waals surface area contributed by atoms with Crippen LogP contribution in [0.4, 0.5) is 0 Å². The van der Waals surface area contributed by atoms with Gasteiger partial charge in [-0.15, -0.1) is 11.8 Å². The van der Waals surface area contributed by atoms with Crippen molar-refractivity contribution in [3.63, 3.8) is 0 Å². The number of benzene rings is 6. The van der Waals surface area contributed by atoms with Crippen molar-refractivity contribution in [1.82, 2.24) is 47.9 Å². The second-order valence-electron chi connectivity index (χ2n) is 25.0. The van der Waals surface area contributed by atoms with Crippen molar-refractivity contribution < 1.29 is 53.0 Å². The summed E-state index contributed by atoms with van der Waals surface area (Å²) in [6.45, 7) is 16.1. The van der Waals surface area contributed by atoms with Crippen molar-refractivity contribution in [3.05, 3.63) is 215 Å². The third kappa shape index (κ3) is 20.2. The van der Waals surface area contributed by atoms with Gasteiger partial charge in [-0.05, 0) is 100 Å². The van der Waals surface area contributed by atoms with Crippen molar-refractivity contribution in [2.75, 3.05) is 19.4 Å². The number of likely N-dealkylation sites (N-methyl/N-ethyl adjacent to an activating group) is 1. The quantitative estimate of drug-likeness (QED) is 0.0189. The predicted octanol–water partition coefficient (Wildman–Crippen LogP) is 6.85. The zero-order valence-corrected chi connectivity index (χ0v) is 56.2. The molecule has 0 aromatic heterocycles. The van der Waals surface area contributed by atoms with E-state index in [2.05, 4.69) is 47.9 Å². The van der Waals surface area contributed by atoms with Crippen LogP contribution in [-0.2, 0) is 58.2 Å². The summed E-state index contributed by atoms with van der Waals surface area (Å²) >= 11 is 1.35. The van der Waals surface area contributed by atoms with Gasteiger partial charge in [0, 0.05) is 5.75 Å². The number of hydrogen-bond donors (Lipinski definition) is 10. The molecule has 20 nitrogen and oxygen atoms in total. The molecule has 0 aliphatic heterocycles. The van der Waals surface area contributed by atoms with Gasteiger partial charge in [-0.3, -0.25) is 43.2 Å². The lowest BCUT2D eigenvalue weighted by Gasteiger charge is -2.37. The highest BCUT2D eigenvalue weighted by molar-refractivity contribution is 8.00. The number of nitrogens with one attached hydrogen (secondary N) is 9. The molecule has 0 aliphatic carbocycles. The Morgan fingerprint density at radius 3 is 1.19 bits per heavy atom. The molecule has 0 spiro atoms. The molecular weight excluding hydrogens is 1210 g/mol. The van der Waals surface area contributed by atoms with Crippen molar-refractivity contribution >= 4 is 65.0 Å². The Labute approximate surface area is 556 Å². The van der Waals surface area contributed by atoms with Crippen LogP contribution in [0.15, 0.2) is 182 Å². The Bertz CT molecular complexity index is 3280. The molecule has 8 amide bonds. The minimum atomic E-state index is -1.65. The lowest BCUT2D eigenvalue weighted by atomic mass is 9.77. The van der Waals surface area contributed by atoms with Gasteiger partial charge in [-0.25, -0.2) is 0 Å². The number of aliphatic carboxylic acids is 1. The summed E-state index contributed by atoms with van der Waals surface area (Å²) in [4.78, 5) is 128. The van der Waals surface area contributed by atoms with Gasteiger partial charge in [-0.2, -0.15) is 0 Å². The van der Waals surface area contributed by atoms with E-state index < -0.39 is 136 Å². The summed E-state index contributed by atoms with van der Waals surface area (Å²) in [7, 11) is 1.58. The smallest absolute Gasteiger partial charge is 0.325 e. The van der Waals surface area contributed by atoms with E-state index in [0.29, 0.717) is 16.7 Å². The summed E-state index contributed by atoms with van der Waals surface area (Å²) in [6.07, 6.45) is -0.642. The standard InChI is InChI=1S/C73H91N9O11S/c1-46(2)42-57(78-65(86)58(77-64(85)49(6)75-63(84)48(5)74-11)43-61(83)82-72(51-30-18-12-19-31-51,52-32-20-13-21-33-52)53-34-22-14-23-35-53)66(87)81-62(47(3)4)69(90)79-59(44-93-71(8,9)10)67(88)80-60(68(89)76-50(7)70(91)92)45-94-73(54-36-24-15-25-37-54,55-38-26-16-27-39-55)56-40-28-17-29-41-56/h12-41,46-50,57-60,62,74H,42-45H2,1-11H3,(H,75,84)(H,76,89)(H,77,85)(H,78,86)(H,79,90)(H,80,88)(H,81,87)(H,82,83)(H,91,92)/t48-,49+,50-,57-,58-,59-,60-,62-/m0/s1. The van der Waals surface area contributed by atoms with E-state index in [1.54, 1.807) is 48.6 Å². The van der Waals surface area contributed by atoms with Crippen LogP contribution < -0.4 is 47.9 Å². The molecule has 6 aromatic carbocycles. The van der Waals surface area contributed by atoms with E-state index in [1.165, 1.54) is 25.6 Å². The van der Waals surface area contributed by atoms with E-state index in [-0.39, 0.29) is 18.1 Å². The molecule has 0 bridgehead atoms. The van der Waals surface area contributed by atoms with Gasteiger partial charge >= 0.3 is 5.97 Å². The SMILES string of the molecule is CN[C@@H](C)C(=O)N[C@H](C)C(=O)N[C@@H](CC(=O)NC(c1ccccc1)(c1ccccc1)c1ccccc1)C(=O)N[C@@H](CC(C)C)C(=O)N[C@H](C(=O)N[C@@H](COC(C)(C)C)C(=O)N[C@@H](CSC(c1ccccc1)(c1ccccc1)c1ccccc1)C(=O)N[C@@H](C)C(=O)O)C(C)C. The summed E-state index contributed by atoms with van der Waals surface area (Å²) in [5, 5.41) is 35.0. The molecule has 6 rings (SSSR count). The minimum Gasteiger partial charge on any atom is -0.480 e. The monoisotopic (exact) mass is 1300 g/mol. The highest BCUT2D eigenvalue weighted by atomic mass is 32.2. The van der Waals surface area contributed by atoms with E-state index >= 15 is 0 Å². The molecule has 6 aromatic rings. The van der Waals surface area contributed by atoms with Crippen LogP contribution in [0.1, 0.15) is 115 Å². The van der Waals surface area contributed by atoms with E-state index in [0.717, 1.165) is 16.7 Å². The number of carboxylic acid groups (broad SMARTS) is 1. The van der Waals surface area contributed by atoms with E-state index in [9.17, 15) is 48.3 Å². The normalized spacial score (nSPS) is 14.3. The van der Waals surface area contributed by atoms with Crippen molar-refractivity contribution in [3.8, 4) is 0 Å². The average molecular weight is 1300 g/mol. The Morgan fingerprint density at radius 1 is 0.426 bits per heavy atom. The second kappa shape index (κ2) is 34.6. The highest BCUT2D eigenvalue weighted by Crippen LogP contribution is 2.49. The summed E-state index contributed by atoms with van der Waals surface area (Å²) in [6, 6.07) is 46.2. The predicted molar refractivity (Wildman–Crippen MR) is 365 cm³/mol. The molecule has 0 saturated heterocycles. The first-order valence-corrected chi connectivity index (χ1v) is 32.6.